The Hall–Kier alpha value is -2.64. The molecule has 1 aromatic carbocycles. The molecule has 1 aromatic heterocycles. The molecule has 0 bridgehead atoms. The van der Waals surface area contributed by atoms with Crippen LogP contribution in [0.5, 0.6) is 6.01 Å². The van der Waals surface area contributed by atoms with Crippen LogP contribution < -0.4 is 10.1 Å². The van der Waals surface area contributed by atoms with Crippen molar-refractivity contribution < 1.29 is 22.7 Å². The van der Waals surface area contributed by atoms with Crippen LogP contribution in [0.3, 0.4) is 0 Å². The number of nitrogens with one attached hydrogen (secondary N) is 1. The summed E-state index contributed by atoms with van der Waals surface area (Å²) in [5.74, 6) is -2.23. The number of nitrogens with zero attached hydrogens (tertiary/aromatic N) is 2. The number of ether oxygens (including phenoxy) is 1. The van der Waals surface area contributed by atoms with E-state index in [1.165, 1.54) is 6.07 Å². The zero-order chi connectivity index (χ0) is 18.5. The third-order valence-electron chi connectivity index (χ3n) is 4.27. The Morgan fingerprint density at radius 2 is 1.77 bits per heavy atom. The highest BCUT2D eigenvalue weighted by atomic mass is 19.1. The van der Waals surface area contributed by atoms with E-state index in [1.54, 1.807) is 0 Å². The molecular formula is C18H18F3N3O2. The maximum Gasteiger partial charge on any atom is 0.316 e. The minimum absolute atomic E-state index is 0.0278. The molecule has 3 rings (SSSR count). The number of hydrogen-bond acceptors (Lipinski definition) is 4. The quantitative estimate of drug-likeness (QED) is 0.885. The van der Waals surface area contributed by atoms with Gasteiger partial charge in [-0.2, -0.15) is 0 Å². The molecule has 2 aromatic rings. The van der Waals surface area contributed by atoms with Crippen molar-refractivity contribution in [2.45, 2.75) is 44.2 Å². The van der Waals surface area contributed by atoms with Crippen LogP contribution in [0.4, 0.5) is 13.2 Å². The largest absolute Gasteiger partial charge is 0.460 e. The Morgan fingerprint density at radius 3 is 2.42 bits per heavy atom. The van der Waals surface area contributed by atoms with Crippen LogP contribution in [0.25, 0.3) is 0 Å². The van der Waals surface area contributed by atoms with E-state index in [1.807, 2.05) is 0 Å². The minimum Gasteiger partial charge on any atom is -0.460 e. The van der Waals surface area contributed by atoms with Gasteiger partial charge in [0.1, 0.15) is 17.7 Å². The van der Waals surface area contributed by atoms with E-state index in [9.17, 15) is 18.0 Å². The molecule has 1 N–H and O–H groups in total. The molecule has 1 saturated carbocycles. The molecule has 0 saturated heterocycles. The third kappa shape index (κ3) is 4.93. The van der Waals surface area contributed by atoms with E-state index >= 15 is 0 Å². The van der Waals surface area contributed by atoms with Crippen molar-refractivity contribution in [1.82, 2.24) is 15.3 Å². The zero-order valence-corrected chi connectivity index (χ0v) is 13.9. The smallest absolute Gasteiger partial charge is 0.316 e. The summed E-state index contributed by atoms with van der Waals surface area (Å²) in [4.78, 5) is 19.6. The average molecular weight is 365 g/mol. The van der Waals surface area contributed by atoms with Crippen LogP contribution >= 0.6 is 0 Å². The molecule has 0 aliphatic heterocycles. The first-order valence-electron chi connectivity index (χ1n) is 8.37. The van der Waals surface area contributed by atoms with Gasteiger partial charge in [-0.05, 0) is 37.3 Å². The van der Waals surface area contributed by atoms with Crippen molar-refractivity contribution in [3.8, 4) is 6.01 Å². The maximum atomic E-state index is 13.6. The normalized spacial score (nSPS) is 19.8. The third-order valence-corrected chi connectivity index (χ3v) is 4.27. The lowest BCUT2D eigenvalue weighted by atomic mass is 9.93. The number of rotatable bonds is 5. The van der Waals surface area contributed by atoms with Crippen molar-refractivity contribution in [2.24, 2.45) is 0 Å². The minimum atomic E-state index is -0.725. The molecular weight excluding hydrogens is 347 g/mol. The van der Waals surface area contributed by atoms with Gasteiger partial charge in [0.2, 0.25) is 5.91 Å². The molecule has 0 spiro atoms. The SMILES string of the molecule is O=C(Cc1ccc(F)cc1F)NC1CCC(Oc2ncc(F)cn2)CC1. The Labute approximate surface area is 148 Å². The lowest BCUT2D eigenvalue weighted by Crippen LogP contribution is -2.40. The van der Waals surface area contributed by atoms with Crippen LogP contribution in [0.1, 0.15) is 31.2 Å². The van der Waals surface area contributed by atoms with Crippen molar-refractivity contribution in [3.05, 3.63) is 53.6 Å². The van der Waals surface area contributed by atoms with Crippen molar-refractivity contribution in [1.29, 1.82) is 0 Å². The molecule has 1 aliphatic carbocycles. The summed E-state index contributed by atoms with van der Waals surface area (Å²) in [6.07, 6.45) is 4.64. The summed E-state index contributed by atoms with van der Waals surface area (Å²) in [5, 5.41) is 2.87. The molecule has 8 heteroatoms. The van der Waals surface area contributed by atoms with Gasteiger partial charge >= 0.3 is 6.01 Å². The van der Waals surface area contributed by atoms with Crippen molar-refractivity contribution in [3.63, 3.8) is 0 Å². The summed E-state index contributed by atoms with van der Waals surface area (Å²) in [6.45, 7) is 0. The van der Waals surface area contributed by atoms with Gasteiger partial charge in [-0.15, -0.1) is 0 Å². The van der Waals surface area contributed by atoms with Crippen LogP contribution in [-0.2, 0) is 11.2 Å². The number of halogens is 3. The molecule has 0 radical (unpaired) electrons. The second kappa shape index (κ2) is 8.16. The van der Waals surface area contributed by atoms with Crippen LogP contribution in [-0.4, -0.2) is 28.0 Å². The second-order valence-electron chi connectivity index (χ2n) is 6.26. The van der Waals surface area contributed by atoms with Gasteiger partial charge in [0.25, 0.3) is 0 Å². The van der Waals surface area contributed by atoms with E-state index in [-0.39, 0.29) is 36.0 Å². The topological polar surface area (TPSA) is 64.1 Å². The number of carbonyl (C=O) groups excluding carboxylic acids is 1. The number of benzene rings is 1. The Bertz CT molecular complexity index is 763. The molecule has 1 fully saturated rings. The van der Waals surface area contributed by atoms with Crippen LogP contribution in [0, 0.1) is 17.5 Å². The molecule has 1 amide bonds. The monoisotopic (exact) mass is 365 g/mol. The van der Waals surface area contributed by atoms with E-state index in [0.29, 0.717) is 25.7 Å². The number of amides is 1. The summed E-state index contributed by atoms with van der Waals surface area (Å²) < 4.78 is 44.9. The lowest BCUT2D eigenvalue weighted by Gasteiger charge is -2.28. The maximum absolute atomic E-state index is 13.6. The van der Waals surface area contributed by atoms with Gasteiger partial charge in [-0.1, -0.05) is 6.07 Å². The van der Waals surface area contributed by atoms with Crippen molar-refractivity contribution >= 4 is 5.91 Å². The molecule has 138 valence electrons. The molecule has 0 unspecified atom stereocenters. The number of aromatic nitrogens is 2. The second-order valence-corrected chi connectivity index (χ2v) is 6.26. The standard InChI is InChI=1S/C18H18F3N3O2/c19-12-2-1-11(16(21)8-12)7-17(25)24-14-3-5-15(6-4-14)26-18-22-9-13(20)10-23-18/h1-2,8-10,14-15H,3-7H2,(H,24,25). The molecule has 0 atom stereocenters. The zero-order valence-electron chi connectivity index (χ0n) is 13.9. The van der Waals surface area contributed by atoms with Gasteiger partial charge in [-0.25, -0.2) is 23.1 Å². The number of carbonyl (C=O) groups is 1. The summed E-state index contributed by atoms with van der Waals surface area (Å²) in [6, 6.07) is 3.28. The van der Waals surface area contributed by atoms with Crippen LogP contribution in [0.2, 0.25) is 0 Å². The lowest BCUT2D eigenvalue weighted by molar-refractivity contribution is -0.121. The highest BCUT2D eigenvalue weighted by Crippen LogP contribution is 2.22. The van der Waals surface area contributed by atoms with Gasteiger partial charge in [0.15, 0.2) is 5.82 Å². The molecule has 26 heavy (non-hydrogen) atoms. The predicted molar refractivity (Wildman–Crippen MR) is 86.9 cm³/mol. The first kappa shape index (κ1) is 18.2. The highest BCUT2D eigenvalue weighted by molar-refractivity contribution is 5.78. The Balaban J connectivity index is 1.44. The molecule has 1 aliphatic rings. The van der Waals surface area contributed by atoms with Gasteiger partial charge in [-0.3, -0.25) is 4.79 Å². The first-order valence-corrected chi connectivity index (χ1v) is 8.37. The predicted octanol–water partition coefficient (Wildman–Crippen LogP) is 2.94. The van der Waals surface area contributed by atoms with E-state index < -0.39 is 17.5 Å². The van der Waals surface area contributed by atoms with Gasteiger partial charge in [0.05, 0.1) is 18.8 Å². The van der Waals surface area contributed by atoms with E-state index in [2.05, 4.69) is 15.3 Å². The van der Waals surface area contributed by atoms with Crippen molar-refractivity contribution in [2.75, 3.05) is 0 Å². The molecule has 5 nitrogen and oxygen atoms in total. The summed E-state index contributed by atoms with van der Waals surface area (Å²) in [7, 11) is 0. The van der Waals surface area contributed by atoms with E-state index in [4.69, 9.17) is 4.74 Å². The first-order chi connectivity index (χ1) is 12.5. The highest BCUT2D eigenvalue weighted by Gasteiger charge is 2.24. The average Bonchev–Trinajstić information content (AvgIpc) is 2.61. The fraction of sp³-hybridized carbons (Fsp3) is 0.389. The van der Waals surface area contributed by atoms with Crippen LogP contribution in [0.15, 0.2) is 30.6 Å². The summed E-state index contributed by atoms with van der Waals surface area (Å²) in [5.41, 5.74) is 0.161. The van der Waals surface area contributed by atoms with Gasteiger partial charge in [0, 0.05) is 12.1 Å². The van der Waals surface area contributed by atoms with Gasteiger partial charge < -0.3 is 10.1 Å². The molecule has 1 heterocycles. The fourth-order valence-corrected chi connectivity index (χ4v) is 2.95. The summed E-state index contributed by atoms with van der Waals surface area (Å²) >= 11 is 0. The van der Waals surface area contributed by atoms with E-state index in [0.717, 1.165) is 24.5 Å². The Morgan fingerprint density at radius 1 is 1.08 bits per heavy atom. The Kier molecular flexibility index (Phi) is 5.70. The fourth-order valence-electron chi connectivity index (χ4n) is 2.95. The number of hydrogen-bond donors (Lipinski definition) is 1.